The van der Waals surface area contributed by atoms with E-state index in [0.717, 1.165) is 35.8 Å². The third-order valence-electron chi connectivity index (χ3n) is 3.63. The molecule has 0 aliphatic rings. The minimum atomic E-state index is -1.57. The summed E-state index contributed by atoms with van der Waals surface area (Å²) >= 11 is 1.43. The molecule has 0 N–H and O–H groups in total. The van der Waals surface area contributed by atoms with Crippen molar-refractivity contribution in [2.75, 3.05) is 6.61 Å². The Labute approximate surface area is 138 Å². The number of halogens is 2. The normalized spacial score (nSPS) is 10.7. The Balaban J connectivity index is 1.64. The fourth-order valence-electron chi connectivity index (χ4n) is 2.26. The summed E-state index contributed by atoms with van der Waals surface area (Å²) in [5.74, 6) is -0.288. The molecule has 0 saturated heterocycles. The summed E-state index contributed by atoms with van der Waals surface area (Å²) in [4.78, 5) is 12.6. The number of hydrogen-bond acceptors (Lipinski definition) is 3. The van der Waals surface area contributed by atoms with Gasteiger partial charge in [-0.1, -0.05) is 31.0 Å². The number of carbonyl (C=O) groups excluding carboxylic acids is 1. The van der Waals surface area contributed by atoms with Gasteiger partial charge in [0, 0.05) is 4.70 Å². The number of thiophene rings is 1. The second-order valence-electron chi connectivity index (χ2n) is 5.49. The molecule has 0 aliphatic carbocycles. The number of ether oxygens (including phenoxy) is 1. The van der Waals surface area contributed by atoms with Gasteiger partial charge in [0.25, 0.3) is 6.08 Å². The summed E-state index contributed by atoms with van der Waals surface area (Å²) in [6, 6.07) is 9.69. The van der Waals surface area contributed by atoms with E-state index in [2.05, 4.69) is 0 Å². The maximum atomic E-state index is 12.2. The third-order valence-corrected chi connectivity index (χ3v) is 4.72. The molecule has 0 unspecified atom stereocenters. The van der Waals surface area contributed by atoms with Crippen LogP contribution in [0.25, 0.3) is 10.1 Å². The molecule has 0 amide bonds. The highest BCUT2D eigenvalue weighted by molar-refractivity contribution is 7.20. The SMILES string of the molecule is CC(CCCCCCOC(=O)c1cc2ccccc2s1)=C(F)F. The van der Waals surface area contributed by atoms with Crippen LogP contribution < -0.4 is 0 Å². The highest BCUT2D eigenvalue weighted by atomic mass is 32.1. The van der Waals surface area contributed by atoms with Crippen LogP contribution in [0, 0.1) is 0 Å². The first-order chi connectivity index (χ1) is 11.1. The molecule has 5 heteroatoms. The Kier molecular flexibility index (Phi) is 6.71. The first kappa shape index (κ1) is 17.6. The van der Waals surface area contributed by atoms with Gasteiger partial charge in [-0.3, -0.25) is 0 Å². The summed E-state index contributed by atoms with van der Waals surface area (Å²) < 4.78 is 30.8. The molecule has 124 valence electrons. The average Bonchev–Trinajstić information content (AvgIpc) is 2.97. The van der Waals surface area contributed by atoms with Crippen molar-refractivity contribution in [3.63, 3.8) is 0 Å². The lowest BCUT2D eigenvalue weighted by Gasteiger charge is -2.03. The van der Waals surface area contributed by atoms with Gasteiger partial charge >= 0.3 is 5.97 Å². The summed E-state index contributed by atoms with van der Waals surface area (Å²) in [6.45, 7) is 1.83. The number of unbranched alkanes of at least 4 members (excludes halogenated alkanes) is 3. The molecule has 2 rings (SSSR count). The maximum Gasteiger partial charge on any atom is 0.348 e. The van der Waals surface area contributed by atoms with Gasteiger partial charge in [0.2, 0.25) is 0 Å². The number of fused-ring (bicyclic) bond motifs is 1. The predicted molar refractivity (Wildman–Crippen MR) is 90.1 cm³/mol. The van der Waals surface area contributed by atoms with Crippen molar-refractivity contribution in [1.29, 1.82) is 0 Å². The highest BCUT2D eigenvalue weighted by Crippen LogP contribution is 2.25. The smallest absolute Gasteiger partial charge is 0.348 e. The van der Waals surface area contributed by atoms with Crippen LogP contribution in [0.1, 0.15) is 48.7 Å². The van der Waals surface area contributed by atoms with Gasteiger partial charge in [-0.25, -0.2) is 4.79 Å². The van der Waals surface area contributed by atoms with E-state index in [9.17, 15) is 13.6 Å². The molecule has 0 saturated carbocycles. The Hall–Kier alpha value is -1.75. The monoisotopic (exact) mass is 338 g/mol. The minimum absolute atomic E-state index is 0.168. The number of allylic oxidation sites excluding steroid dienone is 1. The number of carbonyl (C=O) groups is 1. The van der Waals surface area contributed by atoms with Gasteiger partial charge in [0.05, 0.1) is 6.61 Å². The van der Waals surface area contributed by atoms with Crippen molar-refractivity contribution in [2.24, 2.45) is 0 Å². The molecule has 1 aromatic heterocycles. The molecule has 0 spiro atoms. The van der Waals surface area contributed by atoms with Crippen molar-refractivity contribution in [1.82, 2.24) is 0 Å². The quantitative estimate of drug-likeness (QED) is 0.424. The van der Waals surface area contributed by atoms with E-state index in [1.165, 1.54) is 18.3 Å². The fraction of sp³-hybridized carbons (Fsp3) is 0.389. The molecule has 1 aromatic carbocycles. The predicted octanol–water partition coefficient (Wildman–Crippen LogP) is 6.18. The van der Waals surface area contributed by atoms with Crippen molar-refractivity contribution in [3.05, 3.63) is 46.9 Å². The van der Waals surface area contributed by atoms with Crippen LogP contribution in [-0.4, -0.2) is 12.6 Å². The van der Waals surface area contributed by atoms with Crippen molar-refractivity contribution >= 4 is 27.4 Å². The molecule has 2 aromatic rings. The largest absolute Gasteiger partial charge is 0.462 e. The first-order valence-corrected chi connectivity index (χ1v) is 8.56. The number of benzene rings is 1. The Morgan fingerprint density at radius 1 is 1.13 bits per heavy atom. The van der Waals surface area contributed by atoms with E-state index in [1.807, 2.05) is 30.3 Å². The molecule has 23 heavy (non-hydrogen) atoms. The molecular weight excluding hydrogens is 318 g/mol. The van der Waals surface area contributed by atoms with Crippen LogP contribution in [0.5, 0.6) is 0 Å². The van der Waals surface area contributed by atoms with Gasteiger partial charge in [-0.15, -0.1) is 11.3 Å². The maximum absolute atomic E-state index is 12.2. The van der Waals surface area contributed by atoms with Gasteiger partial charge in [0.1, 0.15) is 4.88 Å². The average molecular weight is 338 g/mol. The van der Waals surface area contributed by atoms with Gasteiger partial charge in [0.15, 0.2) is 0 Å². The van der Waals surface area contributed by atoms with Crippen molar-refractivity contribution in [3.8, 4) is 0 Å². The summed E-state index contributed by atoms with van der Waals surface area (Å²) in [5, 5.41) is 1.05. The van der Waals surface area contributed by atoms with E-state index in [-0.39, 0.29) is 11.5 Å². The molecule has 0 atom stereocenters. The van der Waals surface area contributed by atoms with E-state index in [1.54, 1.807) is 0 Å². The van der Waals surface area contributed by atoms with Gasteiger partial charge in [-0.2, -0.15) is 8.78 Å². The third kappa shape index (κ3) is 5.43. The standard InChI is InChI=1S/C18H20F2O2S/c1-13(17(19)20)8-4-2-3-7-11-22-18(21)16-12-14-9-5-6-10-15(14)23-16/h5-6,9-10,12H,2-4,7-8,11H2,1H3. The zero-order valence-electron chi connectivity index (χ0n) is 13.1. The number of esters is 1. The fourth-order valence-corrected chi connectivity index (χ4v) is 3.22. The second kappa shape index (κ2) is 8.77. The highest BCUT2D eigenvalue weighted by Gasteiger charge is 2.11. The zero-order valence-corrected chi connectivity index (χ0v) is 13.9. The van der Waals surface area contributed by atoms with Gasteiger partial charge < -0.3 is 4.74 Å². The topological polar surface area (TPSA) is 26.3 Å². The van der Waals surface area contributed by atoms with Crippen LogP contribution in [0.3, 0.4) is 0 Å². The number of hydrogen-bond donors (Lipinski definition) is 0. The summed E-state index contributed by atoms with van der Waals surface area (Å²) in [6.07, 6.45) is 2.11. The van der Waals surface area contributed by atoms with E-state index in [4.69, 9.17) is 4.74 Å². The van der Waals surface area contributed by atoms with Crippen LogP contribution in [0.2, 0.25) is 0 Å². The summed E-state index contributed by atoms with van der Waals surface area (Å²) in [7, 11) is 0. The molecule has 0 bridgehead atoms. The van der Waals surface area contributed by atoms with E-state index < -0.39 is 6.08 Å². The van der Waals surface area contributed by atoms with Crippen LogP contribution in [0.4, 0.5) is 8.78 Å². The van der Waals surface area contributed by atoms with Crippen LogP contribution >= 0.6 is 11.3 Å². The molecule has 0 radical (unpaired) electrons. The molecule has 0 aliphatic heterocycles. The van der Waals surface area contributed by atoms with E-state index in [0.29, 0.717) is 17.9 Å². The zero-order chi connectivity index (χ0) is 16.7. The lowest BCUT2D eigenvalue weighted by molar-refractivity contribution is 0.0503. The summed E-state index contributed by atoms with van der Waals surface area (Å²) in [5.41, 5.74) is 0.168. The first-order valence-electron chi connectivity index (χ1n) is 7.74. The van der Waals surface area contributed by atoms with Crippen LogP contribution in [0.15, 0.2) is 42.0 Å². The van der Waals surface area contributed by atoms with Crippen molar-refractivity contribution < 1.29 is 18.3 Å². The van der Waals surface area contributed by atoms with E-state index >= 15 is 0 Å². The van der Waals surface area contributed by atoms with Crippen molar-refractivity contribution in [2.45, 2.75) is 39.0 Å². The van der Waals surface area contributed by atoms with Crippen LogP contribution in [-0.2, 0) is 4.74 Å². The molecule has 1 heterocycles. The minimum Gasteiger partial charge on any atom is -0.462 e. The Morgan fingerprint density at radius 3 is 2.61 bits per heavy atom. The molecular formula is C18H20F2O2S. The lowest BCUT2D eigenvalue weighted by atomic mass is 10.1. The molecule has 0 fully saturated rings. The second-order valence-corrected chi connectivity index (χ2v) is 6.57. The Morgan fingerprint density at radius 2 is 1.87 bits per heavy atom. The molecule has 2 nitrogen and oxygen atoms in total. The Bertz CT molecular complexity index is 654. The number of rotatable bonds is 8. The lowest BCUT2D eigenvalue weighted by Crippen LogP contribution is -2.04. The van der Waals surface area contributed by atoms with Gasteiger partial charge in [-0.05, 0) is 49.3 Å².